The van der Waals surface area contributed by atoms with Crippen LogP contribution < -0.4 is 11.3 Å². The van der Waals surface area contributed by atoms with Crippen LogP contribution in [0.1, 0.15) is 0 Å². The van der Waals surface area contributed by atoms with Crippen LogP contribution in [0.2, 0.25) is 5.02 Å². The van der Waals surface area contributed by atoms with Crippen molar-refractivity contribution in [2.75, 3.05) is 5.43 Å². The molecule has 0 bridgehead atoms. The van der Waals surface area contributed by atoms with Gasteiger partial charge in [0.1, 0.15) is 5.03 Å². The molecule has 100 valence electrons. The Morgan fingerprint density at radius 1 is 1.05 bits per heavy atom. The third-order valence-electron chi connectivity index (χ3n) is 2.71. The molecule has 0 fully saturated rings. The monoisotopic (exact) mass is 302 g/mol. The first-order chi connectivity index (χ1) is 9.76. The number of nitrogens with two attached hydrogens (primary N) is 1. The number of hydrogen-bond acceptors (Lipinski definition) is 5. The quantitative estimate of drug-likeness (QED) is 0.438. The lowest BCUT2D eigenvalue weighted by Gasteiger charge is -2.07. The molecule has 0 atom stereocenters. The average molecular weight is 303 g/mol. The topological polar surface area (TPSA) is 63.8 Å². The Kier molecular flexibility index (Phi) is 3.73. The number of nitrogen functional groups attached to an aromatic ring is 1. The minimum absolute atomic E-state index is 0.397. The molecule has 0 saturated carbocycles. The maximum Gasteiger partial charge on any atom is 0.238 e. The summed E-state index contributed by atoms with van der Waals surface area (Å²) < 4.78 is 0. The Morgan fingerprint density at radius 2 is 1.90 bits per heavy atom. The minimum atomic E-state index is 0.397. The molecule has 6 heteroatoms. The number of aromatic nitrogens is 2. The highest BCUT2D eigenvalue weighted by Gasteiger charge is 2.08. The zero-order chi connectivity index (χ0) is 13.9. The fraction of sp³-hybridized carbons (Fsp3) is 0. The third-order valence-corrected chi connectivity index (χ3v) is 3.94. The van der Waals surface area contributed by atoms with Gasteiger partial charge in [0.2, 0.25) is 5.95 Å². The summed E-state index contributed by atoms with van der Waals surface area (Å²) in [6.07, 6.45) is 0. The Bertz CT molecular complexity index is 763. The molecule has 3 aromatic rings. The summed E-state index contributed by atoms with van der Waals surface area (Å²) in [5, 5.41) is 2.52. The molecular weight excluding hydrogens is 292 g/mol. The van der Waals surface area contributed by atoms with Gasteiger partial charge < -0.3 is 0 Å². The van der Waals surface area contributed by atoms with Gasteiger partial charge in [-0.25, -0.2) is 15.8 Å². The van der Waals surface area contributed by atoms with Crippen molar-refractivity contribution in [3.63, 3.8) is 0 Å². The molecule has 0 aliphatic rings. The average Bonchev–Trinajstić information content (AvgIpc) is 2.47. The molecule has 0 aliphatic heterocycles. The summed E-state index contributed by atoms with van der Waals surface area (Å²) >= 11 is 7.54. The second-order valence-electron chi connectivity index (χ2n) is 4.07. The number of hydrazine groups is 1. The van der Waals surface area contributed by atoms with E-state index in [1.54, 1.807) is 0 Å². The van der Waals surface area contributed by atoms with Crippen LogP contribution in [-0.2, 0) is 0 Å². The molecule has 0 unspecified atom stereocenters. The van der Waals surface area contributed by atoms with E-state index in [4.69, 9.17) is 17.4 Å². The number of hydrogen-bond donors (Lipinski definition) is 2. The van der Waals surface area contributed by atoms with E-state index in [1.165, 1.54) is 11.8 Å². The number of halogens is 1. The molecule has 20 heavy (non-hydrogen) atoms. The minimum Gasteiger partial charge on any atom is -0.292 e. The van der Waals surface area contributed by atoms with Crippen LogP contribution >= 0.6 is 23.4 Å². The number of nitrogens with zero attached hydrogens (tertiary/aromatic N) is 2. The SMILES string of the molecule is NNc1nc(Sc2cccc(Cl)c2)c2ccccc2n1. The van der Waals surface area contributed by atoms with E-state index in [0.717, 1.165) is 20.8 Å². The summed E-state index contributed by atoms with van der Waals surface area (Å²) in [6.45, 7) is 0. The number of rotatable bonds is 3. The van der Waals surface area contributed by atoms with Crippen molar-refractivity contribution >= 4 is 40.2 Å². The normalized spacial score (nSPS) is 10.7. The molecule has 1 aromatic heterocycles. The zero-order valence-corrected chi connectivity index (χ0v) is 11.9. The van der Waals surface area contributed by atoms with E-state index >= 15 is 0 Å². The summed E-state index contributed by atoms with van der Waals surface area (Å²) in [4.78, 5) is 9.76. The standard InChI is InChI=1S/C14H11ClN4S/c15-9-4-3-5-10(8-9)20-13-11-6-1-2-7-12(11)17-14(18-13)19-16/h1-8H,16H2,(H,17,18,19). The van der Waals surface area contributed by atoms with Crippen LogP contribution in [0.5, 0.6) is 0 Å². The second kappa shape index (κ2) is 5.66. The number of fused-ring (bicyclic) bond motifs is 1. The van der Waals surface area contributed by atoms with Crippen molar-refractivity contribution in [3.8, 4) is 0 Å². The first-order valence-corrected chi connectivity index (χ1v) is 7.12. The molecule has 0 radical (unpaired) electrons. The van der Waals surface area contributed by atoms with Gasteiger partial charge in [-0.05, 0) is 24.3 Å². The Morgan fingerprint density at radius 3 is 2.70 bits per heavy atom. The van der Waals surface area contributed by atoms with Gasteiger partial charge in [-0.2, -0.15) is 0 Å². The molecule has 0 spiro atoms. The van der Waals surface area contributed by atoms with Crippen LogP contribution in [0.3, 0.4) is 0 Å². The van der Waals surface area contributed by atoms with Crippen LogP contribution in [0.15, 0.2) is 58.5 Å². The summed E-state index contributed by atoms with van der Waals surface area (Å²) in [5.41, 5.74) is 3.34. The van der Waals surface area contributed by atoms with E-state index in [-0.39, 0.29) is 0 Å². The van der Waals surface area contributed by atoms with Crippen molar-refractivity contribution in [1.82, 2.24) is 9.97 Å². The predicted molar refractivity (Wildman–Crippen MR) is 82.9 cm³/mol. The van der Waals surface area contributed by atoms with Crippen LogP contribution in [0.4, 0.5) is 5.95 Å². The lowest BCUT2D eigenvalue weighted by molar-refractivity contribution is 1.07. The molecule has 3 N–H and O–H groups in total. The molecule has 4 nitrogen and oxygen atoms in total. The van der Waals surface area contributed by atoms with E-state index in [1.807, 2.05) is 48.5 Å². The number of anilines is 1. The molecule has 0 amide bonds. The summed E-state index contributed by atoms with van der Waals surface area (Å²) in [5.74, 6) is 5.82. The highest BCUT2D eigenvalue weighted by molar-refractivity contribution is 7.99. The van der Waals surface area contributed by atoms with Crippen molar-refractivity contribution in [1.29, 1.82) is 0 Å². The van der Waals surface area contributed by atoms with Crippen LogP contribution in [0.25, 0.3) is 10.9 Å². The fourth-order valence-corrected chi connectivity index (χ4v) is 3.06. The molecule has 0 aliphatic carbocycles. The number of benzene rings is 2. The van der Waals surface area contributed by atoms with E-state index in [2.05, 4.69) is 15.4 Å². The van der Waals surface area contributed by atoms with Gasteiger partial charge in [0.05, 0.1) is 5.52 Å². The number of nitrogens with one attached hydrogen (secondary N) is 1. The van der Waals surface area contributed by atoms with Crippen molar-refractivity contribution in [3.05, 3.63) is 53.6 Å². The summed E-state index contributed by atoms with van der Waals surface area (Å²) in [6, 6.07) is 15.5. The fourth-order valence-electron chi connectivity index (χ4n) is 1.83. The predicted octanol–water partition coefficient (Wildman–Crippen LogP) is 3.72. The van der Waals surface area contributed by atoms with Gasteiger partial charge in [-0.15, -0.1) is 0 Å². The molecule has 3 rings (SSSR count). The van der Waals surface area contributed by atoms with Gasteiger partial charge in [-0.3, -0.25) is 5.43 Å². The molecule has 2 aromatic carbocycles. The highest BCUT2D eigenvalue weighted by Crippen LogP contribution is 2.33. The largest absolute Gasteiger partial charge is 0.292 e. The maximum absolute atomic E-state index is 6.01. The van der Waals surface area contributed by atoms with Gasteiger partial charge in [-0.1, -0.05) is 47.6 Å². The molecular formula is C14H11ClN4S. The Balaban J connectivity index is 2.10. The maximum atomic E-state index is 6.01. The van der Waals surface area contributed by atoms with E-state index < -0.39 is 0 Å². The van der Waals surface area contributed by atoms with Crippen molar-refractivity contribution < 1.29 is 0 Å². The Labute approximate surface area is 125 Å². The lowest BCUT2D eigenvalue weighted by atomic mass is 10.2. The Hall–Kier alpha value is -1.82. The smallest absolute Gasteiger partial charge is 0.238 e. The third kappa shape index (κ3) is 2.70. The van der Waals surface area contributed by atoms with E-state index in [0.29, 0.717) is 11.0 Å². The lowest BCUT2D eigenvalue weighted by Crippen LogP contribution is -2.10. The van der Waals surface area contributed by atoms with Gasteiger partial charge >= 0.3 is 0 Å². The first-order valence-electron chi connectivity index (χ1n) is 5.93. The van der Waals surface area contributed by atoms with Crippen molar-refractivity contribution in [2.45, 2.75) is 9.92 Å². The molecule has 1 heterocycles. The highest BCUT2D eigenvalue weighted by atomic mass is 35.5. The van der Waals surface area contributed by atoms with Gasteiger partial charge in [0.15, 0.2) is 0 Å². The van der Waals surface area contributed by atoms with Crippen LogP contribution in [0, 0.1) is 0 Å². The summed E-state index contributed by atoms with van der Waals surface area (Å²) in [7, 11) is 0. The second-order valence-corrected chi connectivity index (χ2v) is 5.57. The number of para-hydroxylation sites is 1. The van der Waals surface area contributed by atoms with Crippen molar-refractivity contribution in [2.24, 2.45) is 5.84 Å². The zero-order valence-electron chi connectivity index (χ0n) is 10.4. The first kappa shape index (κ1) is 13.2. The molecule has 0 saturated heterocycles. The van der Waals surface area contributed by atoms with Crippen LogP contribution in [-0.4, -0.2) is 9.97 Å². The van der Waals surface area contributed by atoms with Gasteiger partial charge in [0.25, 0.3) is 0 Å². The van der Waals surface area contributed by atoms with Gasteiger partial charge in [0, 0.05) is 15.3 Å². The van der Waals surface area contributed by atoms with E-state index in [9.17, 15) is 0 Å².